The Labute approximate surface area is 137 Å². The summed E-state index contributed by atoms with van der Waals surface area (Å²) in [7, 11) is 1.56. The number of halogens is 3. The molecule has 0 atom stereocenters. The Morgan fingerprint density at radius 2 is 1.85 bits per heavy atom. The van der Waals surface area contributed by atoms with Crippen LogP contribution in [0.25, 0.3) is 0 Å². The number of alkyl halides is 2. The summed E-state index contributed by atoms with van der Waals surface area (Å²) in [5, 5.41) is 5.51. The third-order valence-corrected chi connectivity index (χ3v) is 3.20. The molecule has 0 aromatic carbocycles. The highest BCUT2D eigenvalue weighted by Crippen LogP contribution is 2.19. The van der Waals surface area contributed by atoms with Crippen LogP contribution in [0.3, 0.4) is 0 Å². The summed E-state index contributed by atoms with van der Waals surface area (Å²) in [6, 6.07) is 0. The van der Waals surface area contributed by atoms with Gasteiger partial charge in [-0.3, -0.25) is 4.99 Å². The fraction of sp³-hybridized carbons (Fsp3) is 0.923. The standard InChI is InChI=1S/C13H25F2N3O.HI/c1-16-13(18-10-12(14)15)17-8-9-19-11-6-4-2-3-5-7-11;/h11-12H,2-10H2,1H3,(H2,16,17,18);1H. The molecule has 0 bridgehead atoms. The van der Waals surface area contributed by atoms with Crippen LogP contribution in [0, 0.1) is 0 Å². The monoisotopic (exact) mass is 405 g/mol. The zero-order valence-electron chi connectivity index (χ0n) is 12.0. The second-order valence-electron chi connectivity index (χ2n) is 4.76. The van der Waals surface area contributed by atoms with Crippen molar-refractivity contribution in [3.8, 4) is 0 Å². The molecule has 0 saturated heterocycles. The quantitative estimate of drug-likeness (QED) is 0.235. The molecule has 0 aliphatic heterocycles. The molecular formula is C13H26F2IN3O. The van der Waals surface area contributed by atoms with Crippen molar-refractivity contribution in [1.29, 1.82) is 0 Å². The normalized spacial score (nSPS) is 17.5. The van der Waals surface area contributed by atoms with Gasteiger partial charge >= 0.3 is 0 Å². The summed E-state index contributed by atoms with van der Waals surface area (Å²) < 4.78 is 29.9. The second kappa shape index (κ2) is 12.6. The van der Waals surface area contributed by atoms with E-state index >= 15 is 0 Å². The van der Waals surface area contributed by atoms with Crippen molar-refractivity contribution in [2.24, 2.45) is 4.99 Å². The molecule has 4 nitrogen and oxygen atoms in total. The van der Waals surface area contributed by atoms with Crippen molar-refractivity contribution >= 4 is 29.9 Å². The molecule has 0 radical (unpaired) electrons. The minimum absolute atomic E-state index is 0. The average molecular weight is 405 g/mol. The van der Waals surface area contributed by atoms with Crippen LogP contribution in [0.15, 0.2) is 4.99 Å². The van der Waals surface area contributed by atoms with E-state index in [-0.39, 0.29) is 30.5 Å². The van der Waals surface area contributed by atoms with Gasteiger partial charge in [0.25, 0.3) is 6.43 Å². The highest BCUT2D eigenvalue weighted by Gasteiger charge is 2.12. The SMILES string of the molecule is CN=C(NCCOC1CCCCCC1)NCC(F)F.I. The lowest BCUT2D eigenvalue weighted by Crippen LogP contribution is -2.41. The molecule has 2 N–H and O–H groups in total. The summed E-state index contributed by atoms with van der Waals surface area (Å²) in [4.78, 5) is 3.86. The predicted octanol–water partition coefficient (Wildman–Crippen LogP) is 2.77. The summed E-state index contributed by atoms with van der Waals surface area (Å²) in [5.41, 5.74) is 0. The Balaban J connectivity index is 0.00000361. The third kappa shape index (κ3) is 9.68. The first-order valence-corrected chi connectivity index (χ1v) is 7.06. The van der Waals surface area contributed by atoms with Crippen molar-refractivity contribution < 1.29 is 13.5 Å². The lowest BCUT2D eigenvalue weighted by Gasteiger charge is -2.16. The summed E-state index contributed by atoms with van der Waals surface area (Å²) in [6.45, 7) is 0.780. The molecular weight excluding hydrogens is 379 g/mol. The maximum Gasteiger partial charge on any atom is 0.255 e. The smallest absolute Gasteiger partial charge is 0.255 e. The fourth-order valence-corrected chi connectivity index (χ4v) is 2.20. The van der Waals surface area contributed by atoms with Crippen molar-refractivity contribution in [2.45, 2.75) is 51.1 Å². The van der Waals surface area contributed by atoms with Crippen molar-refractivity contribution in [3.63, 3.8) is 0 Å². The molecule has 1 saturated carbocycles. The Morgan fingerprint density at radius 1 is 1.20 bits per heavy atom. The molecule has 1 aliphatic carbocycles. The minimum atomic E-state index is -2.37. The molecule has 0 amide bonds. The molecule has 0 spiro atoms. The third-order valence-electron chi connectivity index (χ3n) is 3.20. The van der Waals surface area contributed by atoms with E-state index in [2.05, 4.69) is 15.6 Å². The van der Waals surface area contributed by atoms with Gasteiger partial charge in [-0.1, -0.05) is 25.7 Å². The van der Waals surface area contributed by atoms with Crippen LogP contribution in [0.1, 0.15) is 38.5 Å². The van der Waals surface area contributed by atoms with Crippen molar-refractivity contribution in [2.75, 3.05) is 26.7 Å². The topological polar surface area (TPSA) is 45.7 Å². The Hall–Kier alpha value is -0.180. The minimum Gasteiger partial charge on any atom is -0.376 e. The summed E-state index contributed by atoms with van der Waals surface area (Å²) >= 11 is 0. The van der Waals surface area contributed by atoms with E-state index in [1.54, 1.807) is 7.05 Å². The predicted molar refractivity (Wildman–Crippen MR) is 88.2 cm³/mol. The molecule has 7 heteroatoms. The molecule has 0 aromatic heterocycles. The van der Waals surface area contributed by atoms with E-state index in [1.165, 1.54) is 25.7 Å². The second-order valence-corrected chi connectivity index (χ2v) is 4.76. The summed E-state index contributed by atoms with van der Waals surface area (Å²) in [5.74, 6) is 0.393. The first-order valence-electron chi connectivity index (χ1n) is 7.06. The van der Waals surface area contributed by atoms with E-state index in [1.807, 2.05) is 0 Å². The van der Waals surface area contributed by atoms with Gasteiger partial charge in [0.1, 0.15) is 0 Å². The largest absolute Gasteiger partial charge is 0.376 e. The lowest BCUT2D eigenvalue weighted by molar-refractivity contribution is 0.0468. The van der Waals surface area contributed by atoms with Crippen LogP contribution in [-0.4, -0.2) is 45.2 Å². The zero-order valence-corrected chi connectivity index (χ0v) is 14.4. The van der Waals surface area contributed by atoms with Gasteiger partial charge < -0.3 is 15.4 Å². The first kappa shape index (κ1) is 19.8. The Bertz CT molecular complexity index is 260. The van der Waals surface area contributed by atoms with Crippen LogP contribution in [-0.2, 0) is 4.74 Å². The number of hydrogen-bond acceptors (Lipinski definition) is 2. The molecule has 1 fully saturated rings. The van der Waals surface area contributed by atoms with Crippen LogP contribution in [0.2, 0.25) is 0 Å². The van der Waals surface area contributed by atoms with Gasteiger partial charge in [0.2, 0.25) is 0 Å². The number of hydrogen-bond donors (Lipinski definition) is 2. The number of rotatable bonds is 6. The van der Waals surface area contributed by atoms with Crippen LogP contribution >= 0.6 is 24.0 Å². The van der Waals surface area contributed by atoms with E-state index in [9.17, 15) is 8.78 Å². The molecule has 20 heavy (non-hydrogen) atoms. The van der Waals surface area contributed by atoms with E-state index in [0.717, 1.165) is 12.8 Å². The first-order chi connectivity index (χ1) is 9.22. The molecule has 1 aliphatic rings. The van der Waals surface area contributed by atoms with Crippen LogP contribution in [0.5, 0.6) is 0 Å². The Kier molecular flexibility index (Phi) is 12.4. The lowest BCUT2D eigenvalue weighted by atomic mass is 10.1. The average Bonchev–Trinajstić information content (AvgIpc) is 2.66. The number of ether oxygens (including phenoxy) is 1. The van der Waals surface area contributed by atoms with Gasteiger partial charge in [-0.25, -0.2) is 8.78 Å². The summed E-state index contributed by atoms with van der Waals surface area (Å²) in [6.07, 6.45) is 5.37. The molecule has 0 aromatic rings. The Morgan fingerprint density at radius 3 is 2.40 bits per heavy atom. The van der Waals surface area contributed by atoms with Gasteiger partial charge in [0.05, 0.1) is 19.3 Å². The van der Waals surface area contributed by atoms with Crippen molar-refractivity contribution in [3.05, 3.63) is 0 Å². The van der Waals surface area contributed by atoms with Crippen molar-refractivity contribution in [1.82, 2.24) is 10.6 Å². The van der Waals surface area contributed by atoms with E-state index < -0.39 is 6.43 Å². The maximum absolute atomic E-state index is 12.0. The highest BCUT2D eigenvalue weighted by atomic mass is 127. The van der Waals surface area contributed by atoms with Gasteiger partial charge in [-0.2, -0.15) is 0 Å². The zero-order chi connectivity index (χ0) is 13.9. The molecule has 0 unspecified atom stereocenters. The fourth-order valence-electron chi connectivity index (χ4n) is 2.20. The number of guanidine groups is 1. The van der Waals surface area contributed by atoms with Crippen LogP contribution < -0.4 is 10.6 Å². The maximum atomic E-state index is 12.0. The number of nitrogens with one attached hydrogen (secondary N) is 2. The van der Waals surface area contributed by atoms with Gasteiger partial charge in [-0.15, -0.1) is 24.0 Å². The molecule has 120 valence electrons. The number of aliphatic imine (C=N–C) groups is 1. The van der Waals surface area contributed by atoms with Gasteiger partial charge in [0.15, 0.2) is 5.96 Å². The van der Waals surface area contributed by atoms with Crippen LogP contribution in [0.4, 0.5) is 8.78 Å². The molecule has 0 heterocycles. The highest BCUT2D eigenvalue weighted by molar-refractivity contribution is 14.0. The van der Waals surface area contributed by atoms with Gasteiger partial charge in [0, 0.05) is 13.6 Å². The van der Waals surface area contributed by atoms with E-state index in [4.69, 9.17) is 4.74 Å². The van der Waals surface area contributed by atoms with E-state index in [0.29, 0.717) is 25.2 Å². The van der Waals surface area contributed by atoms with Gasteiger partial charge in [-0.05, 0) is 12.8 Å². The number of nitrogens with zero attached hydrogens (tertiary/aromatic N) is 1. The molecule has 1 rings (SSSR count).